The van der Waals surface area contributed by atoms with Crippen molar-refractivity contribution in [2.24, 2.45) is 5.92 Å². The molecule has 0 aliphatic carbocycles. The summed E-state index contributed by atoms with van der Waals surface area (Å²) in [5, 5.41) is 3.52. The van der Waals surface area contributed by atoms with Crippen LogP contribution in [-0.4, -0.2) is 57.0 Å². The van der Waals surface area contributed by atoms with Crippen molar-refractivity contribution in [3.63, 3.8) is 0 Å². The van der Waals surface area contributed by atoms with Crippen LogP contribution in [0.4, 0.5) is 0 Å². The summed E-state index contributed by atoms with van der Waals surface area (Å²) in [5.74, 6) is 1.26. The van der Waals surface area contributed by atoms with Crippen LogP contribution in [0.3, 0.4) is 0 Å². The van der Waals surface area contributed by atoms with Crippen LogP contribution >= 0.6 is 0 Å². The van der Waals surface area contributed by atoms with Crippen molar-refractivity contribution in [2.75, 3.05) is 37.7 Å². The lowest BCUT2D eigenvalue weighted by Crippen LogP contribution is -2.48. The summed E-state index contributed by atoms with van der Waals surface area (Å²) in [5.41, 5.74) is 0. The summed E-state index contributed by atoms with van der Waals surface area (Å²) < 4.78 is 22.8. The number of likely N-dealkylation sites (tertiary alicyclic amines) is 1. The zero-order valence-corrected chi connectivity index (χ0v) is 12.8. The maximum Gasteiger partial charge on any atom is 0.150 e. The molecule has 2 unspecified atom stereocenters. The Morgan fingerprint density at radius 3 is 2.61 bits per heavy atom. The summed E-state index contributed by atoms with van der Waals surface area (Å²) in [4.78, 5) is 2.41. The van der Waals surface area contributed by atoms with E-state index in [1.54, 1.807) is 6.92 Å². The van der Waals surface area contributed by atoms with E-state index in [4.69, 9.17) is 0 Å². The van der Waals surface area contributed by atoms with E-state index in [1.165, 1.54) is 6.42 Å². The first-order valence-electron chi connectivity index (χ1n) is 7.14. The molecule has 0 aromatic heterocycles. The van der Waals surface area contributed by atoms with Gasteiger partial charge >= 0.3 is 0 Å². The Hall–Kier alpha value is -0.130. The third-order valence-corrected chi connectivity index (χ3v) is 5.62. The minimum absolute atomic E-state index is 0.270. The molecule has 2 atom stereocenters. The molecule has 1 rings (SSSR count). The number of hydrogen-bond donors (Lipinski definition) is 1. The molecule has 0 aromatic rings. The van der Waals surface area contributed by atoms with E-state index in [9.17, 15) is 8.42 Å². The molecule has 0 aromatic carbocycles. The van der Waals surface area contributed by atoms with Gasteiger partial charge in [0.05, 0.1) is 5.75 Å². The van der Waals surface area contributed by atoms with Crippen LogP contribution in [0.15, 0.2) is 0 Å². The Labute approximate surface area is 112 Å². The summed E-state index contributed by atoms with van der Waals surface area (Å²) in [7, 11) is -2.79. The molecule has 5 heteroatoms. The monoisotopic (exact) mass is 276 g/mol. The van der Waals surface area contributed by atoms with Crippen LogP contribution in [0, 0.1) is 5.92 Å². The van der Waals surface area contributed by atoms with Gasteiger partial charge < -0.3 is 10.2 Å². The van der Waals surface area contributed by atoms with E-state index in [-0.39, 0.29) is 5.75 Å². The summed E-state index contributed by atoms with van der Waals surface area (Å²) in [6.07, 6.45) is 1.95. The lowest BCUT2D eigenvalue weighted by Gasteiger charge is -2.37. The number of nitrogens with one attached hydrogen (secondary N) is 1. The zero-order chi connectivity index (χ0) is 13.6. The number of nitrogens with zero attached hydrogens (tertiary/aromatic N) is 1. The van der Waals surface area contributed by atoms with E-state index < -0.39 is 9.84 Å². The van der Waals surface area contributed by atoms with Crippen LogP contribution < -0.4 is 5.32 Å². The molecule has 1 heterocycles. The Balaban J connectivity index is 2.26. The van der Waals surface area contributed by atoms with Gasteiger partial charge in [-0.2, -0.15) is 0 Å². The SMILES string of the molecule is CCNC1CCN(CCCS(=O)(=O)CC)CC1C. The Morgan fingerprint density at radius 2 is 2.06 bits per heavy atom. The van der Waals surface area contributed by atoms with Gasteiger partial charge in [-0.05, 0) is 38.4 Å². The fourth-order valence-electron chi connectivity index (χ4n) is 2.65. The van der Waals surface area contributed by atoms with E-state index in [0.29, 0.717) is 17.7 Å². The Kier molecular flexibility index (Phi) is 6.60. The smallest absolute Gasteiger partial charge is 0.150 e. The second kappa shape index (κ2) is 7.46. The second-order valence-corrected chi connectivity index (χ2v) is 7.79. The van der Waals surface area contributed by atoms with Crippen molar-refractivity contribution < 1.29 is 8.42 Å². The Bertz CT molecular complexity index is 330. The molecule has 0 spiro atoms. The number of sulfone groups is 1. The minimum atomic E-state index is -2.79. The van der Waals surface area contributed by atoms with E-state index >= 15 is 0 Å². The molecule has 1 saturated heterocycles. The highest BCUT2D eigenvalue weighted by Gasteiger charge is 2.24. The van der Waals surface area contributed by atoms with Crippen LogP contribution in [0.2, 0.25) is 0 Å². The molecular weight excluding hydrogens is 248 g/mol. The van der Waals surface area contributed by atoms with Gasteiger partial charge in [-0.25, -0.2) is 8.42 Å². The number of hydrogen-bond acceptors (Lipinski definition) is 4. The first-order valence-corrected chi connectivity index (χ1v) is 8.96. The number of rotatable bonds is 7. The van der Waals surface area contributed by atoms with Crippen molar-refractivity contribution in [2.45, 2.75) is 39.7 Å². The maximum atomic E-state index is 11.4. The van der Waals surface area contributed by atoms with Crippen LogP contribution in [0.1, 0.15) is 33.6 Å². The summed E-state index contributed by atoms with van der Waals surface area (Å²) >= 11 is 0. The fourth-order valence-corrected chi connectivity index (χ4v) is 3.51. The highest BCUT2D eigenvalue weighted by molar-refractivity contribution is 7.91. The average Bonchev–Trinajstić information content (AvgIpc) is 2.32. The summed E-state index contributed by atoms with van der Waals surface area (Å²) in [6.45, 7) is 10.3. The molecule has 0 amide bonds. The molecule has 1 aliphatic heterocycles. The molecule has 4 nitrogen and oxygen atoms in total. The molecule has 0 bridgehead atoms. The van der Waals surface area contributed by atoms with Crippen molar-refractivity contribution in [1.82, 2.24) is 10.2 Å². The van der Waals surface area contributed by atoms with Gasteiger partial charge in [0, 0.05) is 18.3 Å². The molecular formula is C13H28N2O2S. The first-order chi connectivity index (χ1) is 8.48. The first kappa shape index (κ1) is 15.9. The Morgan fingerprint density at radius 1 is 1.33 bits per heavy atom. The molecule has 18 heavy (non-hydrogen) atoms. The topological polar surface area (TPSA) is 49.4 Å². The highest BCUT2D eigenvalue weighted by atomic mass is 32.2. The van der Waals surface area contributed by atoms with Gasteiger partial charge in [-0.15, -0.1) is 0 Å². The highest BCUT2D eigenvalue weighted by Crippen LogP contribution is 2.16. The van der Waals surface area contributed by atoms with Crippen LogP contribution in [0.5, 0.6) is 0 Å². The maximum absolute atomic E-state index is 11.4. The standard InChI is InChI=1S/C13H28N2O2S/c1-4-14-13-7-9-15(11-12(13)3)8-6-10-18(16,17)5-2/h12-14H,4-11H2,1-3H3. The van der Waals surface area contributed by atoms with E-state index in [2.05, 4.69) is 24.1 Å². The third kappa shape index (κ3) is 5.24. The van der Waals surface area contributed by atoms with Crippen molar-refractivity contribution >= 4 is 9.84 Å². The van der Waals surface area contributed by atoms with Crippen molar-refractivity contribution in [1.29, 1.82) is 0 Å². The molecule has 0 radical (unpaired) electrons. The predicted octanol–water partition coefficient (Wildman–Crippen LogP) is 1.13. The van der Waals surface area contributed by atoms with Gasteiger partial charge in [0.1, 0.15) is 9.84 Å². The molecule has 1 N–H and O–H groups in total. The normalized spacial score (nSPS) is 26.4. The van der Waals surface area contributed by atoms with Gasteiger partial charge in [-0.1, -0.05) is 20.8 Å². The molecule has 1 fully saturated rings. The molecule has 108 valence electrons. The predicted molar refractivity (Wildman–Crippen MR) is 76.6 cm³/mol. The van der Waals surface area contributed by atoms with Crippen molar-refractivity contribution in [3.8, 4) is 0 Å². The number of piperidine rings is 1. The largest absolute Gasteiger partial charge is 0.314 e. The fraction of sp³-hybridized carbons (Fsp3) is 1.00. The van der Waals surface area contributed by atoms with Crippen LogP contribution in [0.25, 0.3) is 0 Å². The van der Waals surface area contributed by atoms with E-state index in [0.717, 1.165) is 32.6 Å². The van der Waals surface area contributed by atoms with Crippen molar-refractivity contribution in [3.05, 3.63) is 0 Å². The minimum Gasteiger partial charge on any atom is -0.314 e. The lowest BCUT2D eigenvalue weighted by molar-refractivity contribution is 0.149. The van der Waals surface area contributed by atoms with E-state index in [1.807, 2.05) is 0 Å². The quantitative estimate of drug-likeness (QED) is 0.757. The van der Waals surface area contributed by atoms with Gasteiger partial charge in [0.25, 0.3) is 0 Å². The third-order valence-electron chi connectivity index (χ3n) is 3.83. The molecule has 1 aliphatic rings. The zero-order valence-electron chi connectivity index (χ0n) is 12.0. The second-order valence-electron chi connectivity index (χ2n) is 5.32. The molecule has 0 saturated carbocycles. The van der Waals surface area contributed by atoms with Gasteiger partial charge in [-0.3, -0.25) is 0 Å². The van der Waals surface area contributed by atoms with Gasteiger partial charge in [0.15, 0.2) is 0 Å². The lowest BCUT2D eigenvalue weighted by atomic mass is 9.94. The summed E-state index contributed by atoms with van der Waals surface area (Å²) in [6, 6.07) is 0.630. The van der Waals surface area contributed by atoms with Gasteiger partial charge in [0.2, 0.25) is 0 Å². The van der Waals surface area contributed by atoms with Crippen LogP contribution in [-0.2, 0) is 9.84 Å². The average molecular weight is 276 g/mol.